The van der Waals surface area contributed by atoms with Crippen LogP contribution in [-0.2, 0) is 11.3 Å². The van der Waals surface area contributed by atoms with Crippen LogP contribution in [0.3, 0.4) is 0 Å². The SMILES string of the molecule is C=C/C(=C/c1ccccc1)COCc1ccccc1. The van der Waals surface area contributed by atoms with Gasteiger partial charge in [0.15, 0.2) is 0 Å². The second kappa shape index (κ2) is 7.34. The molecule has 0 unspecified atom stereocenters. The molecule has 2 rings (SSSR count). The zero-order chi connectivity index (χ0) is 13.3. The lowest BCUT2D eigenvalue weighted by Gasteiger charge is -2.05. The third-order valence-electron chi connectivity index (χ3n) is 2.79. The van der Waals surface area contributed by atoms with Crippen molar-refractivity contribution in [2.24, 2.45) is 0 Å². The molecule has 96 valence electrons. The summed E-state index contributed by atoms with van der Waals surface area (Å²) in [5.41, 5.74) is 3.44. The van der Waals surface area contributed by atoms with E-state index in [0.29, 0.717) is 13.2 Å². The summed E-state index contributed by atoms with van der Waals surface area (Å²) in [6, 6.07) is 20.4. The van der Waals surface area contributed by atoms with Gasteiger partial charge in [0.2, 0.25) is 0 Å². The van der Waals surface area contributed by atoms with Gasteiger partial charge in [-0.25, -0.2) is 0 Å². The van der Waals surface area contributed by atoms with Crippen molar-refractivity contribution in [2.75, 3.05) is 6.61 Å². The van der Waals surface area contributed by atoms with Crippen LogP contribution in [0.1, 0.15) is 11.1 Å². The highest BCUT2D eigenvalue weighted by Crippen LogP contribution is 2.09. The third-order valence-corrected chi connectivity index (χ3v) is 2.79. The molecule has 1 nitrogen and oxygen atoms in total. The van der Waals surface area contributed by atoms with Crippen LogP contribution in [0.25, 0.3) is 6.08 Å². The molecule has 0 atom stereocenters. The van der Waals surface area contributed by atoms with E-state index in [1.807, 2.05) is 42.5 Å². The summed E-state index contributed by atoms with van der Waals surface area (Å²) in [5, 5.41) is 0. The summed E-state index contributed by atoms with van der Waals surface area (Å²) in [6.07, 6.45) is 3.94. The lowest BCUT2D eigenvalue weighted by Crippen LogP contribution is -1.97. The first-order valence-corrected chi connectivity index (χ1v) is 6.38. The molecule has 0 aliphatic carbocycles. The Balaban J connectivity index is 1.90. The molecule has 0 fully saturated rings. The van der Waals surface area contributed by atoms with E-state index in [4.69, 9.17) is 4.74 Å². The number of ether oxygens (including phenoxy) is 1. The van der Waals surface area contributed by atoms with Crippen molar-refractivity contribution in [1.82, 2.24) is 0 Å². The van der Waals surface area contributed by atoms with Gasteiger partial charge in [0, 0.05) is 0 Å². The van der Waals surface area contributed by atoms with Gasteiger partial charge in [0.05, 0.1) is 13.2 Å². The predicted octanol–water partition coefficient (Wildman–Crippen LogP) is 4.47. The predicted molar refractivity (Wildman–Crippen MR) is 80.7 cm³/mol. The molecule has 0 bridgehead atoms. The van der Waals surface area contributed by atoms with Crippen LogP contribution in [0.15, 0.2) is 78.9 Å². The second-order valence-electron chi connectivity index (χ2n) is 4.31. The fraction of sp³-hybridized carbons (Fsp3) is 0.111. The Bertz CT molecular complexity index is 526. The normalized spacial score (nSPS) is 11.3. The minimum Gasteiger partial charge on any atom is -0.372 e. The van der Waals surface area contributed by atoms with E-state index in [9.17, 15) is 0 Å². The molecule has 1 heteroatoms. The summed E-state index contributed by atoms with van der Waals surface area (Å²) >= 11 is 0. The molecule has 0 aliphatic heterocycles. The van der Waals surface area contributed by atoms with Gasteiger partial charge >= 0.3 is 0 Å². The lowest BCUT2D eigenvalue weighted by atomic mass is 10.1. The van der Waals surface area contributed by atoms with Crippen molar-refractivity contribution in [3.63, 3.8) is 0 Å². The molecule has 0 saturated carbocycles. The van der Waals surface area contributed by atoms with Crippen molar-refractivity contribution < 1.29 is 4.74 Å². The molecule has 0 spiro atoms. The Hall–Kier alpha value is -2.12. The van der Waals surface area contributed by atoms with E-state index < -0.39 is 0 Å². The maximum atomic E-state index is 5.71. The number of rotatable bonds is 6. The molecule has 0 amide bonds. The van der Waals surface area contributed by atoms with Gasteiger partial charge in [0.1, 0.15) is 0 Å². The minimum absolute atomic E-state index is 0.577. The molecule has 2 aromatic carbocycles. The Morgan fingerprint density at radius 1 is 0.947 bits per heavy atom. The van der Waals surface area contributed by atoms with Crippen LogP contribution in [0.5, 0.6) is 0 Å². The maximum Gasteiger partial charge on any atom is 0.0721 e. The van der Waals surface area contributed by atoms with Gasteiger partial charge in [-0.2, -0.15) is 0 Å². The lowest BCUT2D eigenvalue weighted by molar-refractivity contribution is 0.145. The van der Waals surface area contributed by atoms with E-state index in [2.05, 4.69) is 36.9 Å². The average molecular weight is 250 g/mol. The molecular formula is C18H18O. The average Bonchev–Trinajstić information content (AvgIpc) is 2.48. The first-order valence-electron chi connectivity index (χ1n) is 6.38. The van der Waals surface area contributed by atoms with Gasteiger partial charge in [-0.05, 0) is 22.8 Å². The van der Waals surface area contributed by atoms with Crippen molar-refractivity contribution in [3.8, 4) is 0 Å². The van der Waals surface area contributed by atoms with Gasteiger partial charge < -0.3 is 4.74 Å². The van der Waals surface area contributed by atoms with Crippen LogP contribution in [0, 0.1) is 0 Å². The maximum absolute atomic E-state index is 5.71. The summed E-state index contributed by atoms with van der Waals surface area (Å²) in [5.74, 6) is 0. The topological polar surface area (TPSA) is 9.23 Å². The zero-order valence-corrected chi connectivity index (χ0v) is 11.0. The van der Waals surface area contributed by atoms with Gasteiger partial charge in [0.25, 0.3) is 0 Å². The number of hydrogen-bond donors (Lipinski definition) is 0. The molecule has 19 heavy (non-hydrogen) atoms. The summed E-state index contributed by atoms with van der Waals surface area (Å²) < 4.78 is 5.71. The molecular weight excluding hydrogens is 232 g/mol. The summed E-state index contributed by atoms with van der Waals surface area (Å²) in [7, 11) is 0. The van der Waals surface area contributed by atoms with E-state index in [1.54, 1.807) is 0 Å². The summed E-state index contributed by atoms with van der Waals surface area (Å²) in [4.78, 5) is 0. The number of benzene rings is 2. The van der Waals surface area contributed by atoms with Crippen LogP contribution >= 0.6 is 0 Å². The third kappa shape index (κ3) is 4.57. The fourth-order valence-electron chi connectivity index (χ4n) is 1.78. The monoisotopic (exact) mass is 250 g/mol. The highest BCUT2D eigenvalue weighted by atomic mass is 16.5. The van der Waals surface area contributed by atoms with E-state index in [-0.39, 0.29) is 0 Å². The highest BCUT2D eigenvalue weighted by molar-refractivity contribution is 5.55. The standard InChI is InChI=1S/C18H18O/c1-2-16(13-17-9-5-3-6-10-17)14-19-15-18-11-7-4-8-12-18/h2-13H,1,14-15H2/b16-13-. The first-order chi connectivity index (χ1) is 9.38. The van der Waals surface area contributed by atoms with Crippen molar-refractivity contribution in [1.29, 1.82) is 0 Å². The van der Waals surface area contributed by atoms with Crippen molar-refractivity contribution in [3.05, 3.63) is 90.0 Å². The Kier molecular flexibility index (Phi) is 5.15. The van der Waals surface area contributed by atoms with E-state index >= 15 is 0 Å². The molecule has 0 N–H and O–H groups in total. The first kappa shape index (κ1) is 13.3. The van der Waals surface area contributed by atoms with E-state index in [0.717, 1.165) is 5.57 Å². The van der Waals surface area contributed by atoms with Crippen LogP contribution in [-0.4, -0.2) is 6.61 Å². The minimum atomic E-state index is 0.577. The molecule has 0 radical (unpaired) electrons. The summed E-state index contributed by atoms with van der Waals surface area (Å²) in [6.45, 7) is 5.04. The van der Waals surface area contributed by atoms with E-state index in [1.165, 1.54) is 11.1 Å². The molecule has 0 heterocycles. The Labute approximate surface area is 114 Å². The van der Waals surface area contributed by atoms with Crippen molar-refractivity contribution in [2.45, 2.75) is 6.61 Å². The fourth-order valence-corrected chi connectivity index (χ4v) is 1.78. The number of hydrogen-bond acceptors (Lipinski definition) is 1. The second-order valence-corrected chi connectivity index (χ2v) is 4.31. The zero-order valence-electron chi connectivity index (χ0n) is 11.0. The van der Waals surface area contributed by atoms with Crippen LogP contribution in [0.2, 0.25) is 0 Å². The van der Waals surface area contributed by atoms with Gasteiger partial charge in [-0.1, -0.05) is 73.3 Å². The molecule has 2 aromatic rings. The Morgan fingerprint density at radius 3 is 2.21 bits per heavy atom. The molecule has 0 aliphatic rings. The van der Waals surface area contributed by atoms with Gasteiger partial charge in [-0.15, -0.1) is 0 Å². The van der Waals surface area contributed by atoms with Crippen LogP contribution < -0.4 is 0 Å². The van der Waals surface area contributed by atoms with Crippen LogP contribution in [0.4, 0.5) is 0 Å². The largest absolute Gasteiger partial charge is 0.372 e. The smallest absolute Gasteiger partial charge is 0.0721 e. The van der Waals surface area contributed by atoms with Gasteiger partial charge in [-0.3, -0.25) is 0 Å². The molecule has 0 aromatic heterocycles. The van der Waals surface area contributed by atoms with Crippen molar-refractivity contribution >= 4 is 6.08 Å². The highest BCUT2D eigenvalue weighted by Gasteiger charge is 1.95. The quantitative estimate of drug-likeness (QED) is 0.687. The Morgan fingerprint density at radius 2 is 1.58 bits per heavy atom. The molecule has 0 saturated heterocycles.